The number of nitrogen functional groups attached to an aromatic ring is 1. The molecule has 1 aromatic carbocycles. The van der Waals surface area contributed by atoms with Crippen LogP contribution >= 0.6 is 15.9 Å². The van der Waals surface area contributed by atoms with E-state index in [0.717, 1.165) is 0 Å². The number of halogens is 1. The standard InChI is InChI=1S/C12H13BrN2O3/c13-9-2-1-7(14)5-8(9)10(16)15-6-12(3-4-12)11(17)18/h1-2,5H,3-4,6,14H2,(H,15,16)(H,17,18). The van der Waals surface area contributed by atoms with Gasteiger partial charge in [0.1, 0.15) is 0 Å². The Bertz CT molecular complexity index is 512. The molecule has 1 aliphatic rings. The van der Waals surface area contributed by atoms with E-state index in [1.54, 1.807) is 18.2 Å². The molecule has 1 aliphatic carbocycles. The number of rotatable bonds is 4. The molecule has 5 nitrogen and oxygen atoms in total. The smallest absolute Gasteiger partial charge is 0.311 e. The maximum Gasteiger partial charge on any atom is 0.311 e. The van der Waals surface area contributed by atoms with Gasteiger partial charge in [0.05, 0.1) is 11.0 Å². The minimum atomic E-state index is -0.852. The lowest BCUT2D eigenvalue weighted by molar-refractivity contribution is -0.143. The summed E-state index contributed by atoms with van der Waals surface area (Å²) in [6.45, 7) is 0.155. The van der Waals surface area contributed by atoms with Gasteiger partial charge in [0.15, 0.2) is 0 Å². The Labute approximate surface area is 112 Å². The third kappa shape index (κ3) is 2.48. The molecule has 4 N–H and O–H groups in total. The molecule has 0 spiro atoms. The molecule has 1 amide bonds. The molecule has 2 rings (SSSR count). The molecule has 0 aliphatic heterocycles. The van der Waals surface area contributed by atoms with Crippen molar-refractivity contribution in [3.05, 3.63) is 28.2 Å². The number of carbonyl (C=O) groups is 2. The number of hydrogen-bond donors (Lipinski definition) is 3. The van der Waals surface area contributed by atoms with Crippen molar-refractivity contribution in [1.82, 2.24) is 5.32 Å². The van der Waals surface area contributed by atoms with Gasteiger partial charge in [0.25, 0.3) is 5.91 Å². The number of carbonyl (C=O) groups excluding carboxylic acids is 1. The number of benzene rings is 1. The number of aliphatic carboxylic acids is 1. The van der Waals surface area contributed by atoms with Gasteiger partial charge < -0.3 is 16.2 Å². The lowest BCUT2D eigenvalue weighted by Crippen LogP contribution is -2.34. The monoisotopic (exact) mass is 312 g/mol. The lowest BCUT2D eigenvalue weighted by Gasteiger charge is -2.12. The number of nitrogens with one attached hydrogen (secondary N) is 1. The van der Waals surface area contributed by atoms with Gasteiger partial charge in [0, 0.05) is 16.7 Å². The molecule has 0 atom stereocenters. The fourth-order valence-electron chi connectivity index (χ4n) is 1.68. The largest absolute Gasteiger partial charge is 0.481 e. The second-order valence-corrected chi connectivity index (χ2v) is 5.36. The molecule has 0 unspecified atom stereocenters. The van der Waals surface area contributed by atoms with Gasteiger partial charge in [0.2, 0.25) is 0 Å². The van der Waals surface area contributed by atoms with Gasteiger partial charge in [-0.05, 0) is 47.0 Å². The van der Waals surface area contributed by atoms with E-state index in [9.17, 15) is 9.59 Å². The molecular formula is C12H13BrN2O3. The van der Waals surface area contributed by atoms with E-state index in [-0.39, 0.29) is 12.5 Å². The van der Waals surface area contributed by atoms with Crippen molar-refractivity contribution in [1.29, 1.82) is 0 Å². The van der Waals surface area contributed by atoms with E-state index in [1.807, 2.05) is 0 Å². The highest BCUT2D eigenvalue weighted by atomic mass is 79.9. The van der Waals surface area contributed by atoms with Gasteiger partial charge >= 0.3 is 5.97 Å². The molecule has 1 fully saturated rings. The molecule has 0 bridgehead atoms. The molecular weight excluding hydrogens is 300 g/mol. The molecule has 1 aromatic rings. The predicted octanol–water partition coefficient (Wildman–Crippen LogP) is 1.63. The van der Waals surface area contributed by atoms with Gasteiger partial charge in [-0.25, -0.2) is 0 Å². The van der Waals surface area contributed by atoms with Crippen LogP contribution in [-0.2, 0) is 4.79 Å². The molecule has 96 valence electrons. The molecule has 18 heavy (non-hydrogen) atoms. The average Bonchev–Trinajstić information content (AvgIpc) is 3.10. The van der Waals surface area contributed by atoms with Crippen molar-refractivity contribution >= 4 is 33.5 Å². The molecule has 0 aromatic heterocycles. The summed E-state index contributed by atoms with van der Waals surface area (Å²) >= 11 is 3.26. The van der Waals surface area contributed by atoms with E-state index < -0.39 is 11.4 Å². The lowest BCUT2D eigenvalue weighted by atomic mass is 10.1. The van der Waals surface area contributed by atoms with E-state index in [0.29, 0.717) is 28.6 Å². The number of nitrogens with two attached hydrogens (primary N) is 1. The van der Waals surface area contributed by atoms with Crippen LogP contribution < -0.4 is 11.1 Å². The van der Waals surface area contributed by atoms with E-state index >= 15 is 0 Å². The highest BCUT2D eigenvalue weighted by Crippen LogP contribution is 2.45. The average molecular weight is 313 g/mol. The molecule has 0 radical (unpaired) electrons. The number of carboxylic acids is 1. The van der Waals surface area contributed by atoms with Crippen LogP contribution in [0.15, 0.2) is 22.7 Å². The van der Waals surface area contributed by atoms with Gasteiger partial charge in [-0.15, -0.1) is 0 Å². The Balaban J connectivity index is 2.04. The minimum absolute atomic E-state index is 0.155. The van der Waals surface area contributed by atoms with Crippen LogP contribution in [0.4, 0.5) is 5.69 Å². The second-order valence-electron chi connectivity index (χ2n) is 4.51. The Morgan fingerprint density at radius 3 is 2.67 bits per heavy atom. The minimum Gasteiger partial charge on any atom is -0.481 e. The van der Waals surface area contributed by atoms with Crippen molar-refractivity contribution in [3.8, 4) is 0 Å². The van der Waals surface area contributed by atoms with Crippen LogP contribution in [0.25, 0.3) is 0 Å². The van der Waals surface area contributed by atoms with Gasteiger partial charge in [-0.3, -0.25) is 9.59 Å². The topological polar surface area (TPSA) is 92.4 Å². The highest BCUT2D eigenvalue weighted by Gasteiger charge is 2.50. The van der Waals surface area contributed by atoms with Crippen molar-refractivity contribution < 1.29 is 14.7 Å². The Morgan fingerprint density at radius 2 is 2.11 bits per heavy atom. The number of hydrogen-bond acceptors (Lipinski definition) is 3. The predicted molar refractivity (Wildman–Crippen MR) is 70.2 cm³/mol. The van der Waals surface area contributed by atoms with Crippen LogP contribution in [0.2, 0.25) is 0 Å². The summed E-state index contributed by atoms with van der Waals surface area (Å²) in [6.07, 6.45) is 1.22. The summed E-state index contributed by atoms with van der Waals surface area (Å²) < 4.78 is 0.634. The third-order valence-electron chi connectivity index (χ3n) is 3.13. The van der Waals surface area contributed by atoms with Crippen molar-refractivity contribution in [3.63, 3.8) is 0 Å². The molecule has 1 saturated carbocycles. The zero-order valence-electron chi connectivity index (χ0n) is 9.57. The second kappa shape index (κ2) is 4.61. The van der Waals surface area contributed by atoms with E-state index in [2.05, 4.69) is 21.2 Å². The Hall–Kier alpha value is -1.56. The number of amides is 1. The van der Waals surface area contributed by atoms with Crippen LogP contribution in [-0.4, -0.2) is 23.5 Å². The first-order valence-electron chi connectivity index (χ1n) is 5.51. The first-order valence-corrected chi connectivity index (χ1v) is 6.30. The zero-order valence-corrected chi connectivity index (χ0v) is 11.2. The SMILES string of the molecule is Nc1ccc(Br)c(C(=O)NCC2(C(=O)O)CC2)c1. The fraction of sp³-hybridized carbons (Fsp3) is 0.333. The van der Waals surface area contributed by atoms with Gasteiger partial charge in [-0.1, -0.05) is 0 Å². The van der Waals surface area contributed by atoms with Crippen molar-refractivity contribution in [2.24, 2.45) is 5.41 Å². The van der Waals surface area contributed by atoms with Crippen LogP contribution in [0.1, 0.15) is 23.2 Å². The third-order valence-corrected chi connectivity index (χ3v) is 3.82. The normalized spacial score (nSPS) is 16.1. The van der Waals surface area contributed by atoms with E-state index in [4.69, 9.17) is 10.8 Å². The molecule has 0 heterocycles. The maximum atomic E-state index is 11.9. The molecule has 0 saturated heterocycles. The fourth-order valence-corrected chi connectivity index (χ4v) is 2.11. The summed E-state index contributed by atoms with van der Waals surface area (Å²) in [7, 11) is 0. The summed E-state index contributed by atoms with van der Waals surface area (Å²) in [6, 6.07) is 4.93. The maximum absolute atomic E-state index is 11.9. The number of carboxylic acid groups (broad SMARTS) is 1. The summed E-state index contributed by atoms with van der Waals surface area (Å²) in [5.41, 5.74) is 5.75. The summed E-state index contributed by atoms with van der Waals surface area (Å²) in [5, 5.41) is 11.7. The van der Waals surface area contributed by atoms with Gasteiger partial charge in [-0.2, -0.15) is 0 Å². The van der Waals surface area contributed by atoms with Crippen molar-refractivity contribution in [2.45, 2.75) is 12.8 Å². The highest BCUT2D eigenvalue weighted by molar-refractivity contribution is 9.10. The summed E-state index contributed by atoms with van der Waals surface area (Å²) in [5.74, 6) is -1.17. The van der Waals surface area contributed by atoms with Crippen LogP contribution in [0, 0.1) is 5.41 Å². The van der Waals surface area contributed by atoms with E-state index in [1.165, 1.54) is 0 Å². The zero-order chi connectivity index (χ0) is 13.3. The first-order chi connectivity index (χ1) is 8.44. The number of anilines is 1. The van der Waals surface area contributed by atoms with Crippen LogP contribution in [0.5, 0.6) is 0 Å². The first kappa shape index (κ1) is 12.9. The summed E-state index contributed by atoms with van der Waals surface area (Å²) in [4.78, 5) is 22.9. The Morgan fingerprint density at radius 1 is 1.44 bits per heavy atom. The van der Waals surface area contributed by atoms with Crippen molar-refractivity contribution in [2.75, 3.05) is 12.3 Å². The Kier molecular flexibility index (Phi) is 3.30. The molecule has 6 heteroatoms. The quantitative estimate of drug-likeness (QED) is 0.737. The van der Waals surface area contributed by atoms with Crippen LogP contribution in [0.3, 0.4) is 0 Å².